The van der Waals surface area contributed by atoms with Crippen LogP contribution in [0.3, 0.4) is 0 Å². The number of hydrogen-bond donors (Lipinski definition) is 4. The highest BCUT2D eigenvalue weighted by molar-refractivity contribution is 6.00. The molecule has 2 rings (SSSR count). The lowest BCUT2D eigenvalue weighted by Gasteiger charge is -2.10. The Morgan fingerprint density at radius 1 is 1.10 bits per heavy atom. The van der Waals surface area contributed by atoms with Gasteiger partial charge in [-0.1, -0.05) is 0 Å². The van der Waals surface area contributed by atoms with Crippen molar-refractivity contribution in [2.24, 2.45) is 5.92 Å². The molecule has 0 aromatic heterocycles. The Morgan fingerprint density at radius 3 is 2.10 bits per heavy atom. The van der Waals surface area contributed by atoms with Gasteiger partial charge in [0, 0.05) is 18.7 Å². The van der Waals surface area contributed by atoms with E-state index in [1.807, 2.05) is 0 Å². The van der Waals surface area contributed by atoms with Crippen LogP contribution in [0.4, 0.5) is 5.69 Å². The molecule has 0 aliphatic carbocycles. The molecule has 1 aromatic carbocycles. The Balaban J connectivity index is 2.22. The van der Waals surface area contributed by atoms with Gasteiger partial charge in [0.15, 0.2) is 0 Å². The number of aromatic carboxylic acids is 2. The van der Waals surface area contributed by atoms with Gasteiger partial charge < -0.3 is 20.8 Å². The topological polar surface area (TPSA) is 133 Å². The van der Waals surface area contributed by atoms with Crippen LogP contribution in [0.25, 0.3) is 0 Å². The molecule has 1 fully saturated rings. The molecule has 1 atom stereocenters. The number of amides is 2. The van der Waals surface area contributed by atoms with Gasteiger partial charge >= 0.3 is 11.9 Å². The number of benzene rings is 1. The number of anilines is 1. The number of carboxylic acid groups (broad SMARTS) is 2. The molecule has 1 unspecified atom stereocenters. The standard InChI is InChI=1S/C13H12N2O6/c16-10-4-8(5-14-10)11(17)15-9-2-6(12(18)19)1-7(3-9)13(20)21/h1-3,8H,4-5H2,(H,14,16)(H,15,17)(H,18,19)(H,20,21). The third kappa shape index (κ3) is 3.35. The van der Waals surface area contributed by atoms with Crippen molar-refractivity contribution < 1.29 is 29.4 Å². The van der Waals surface area contributed by atoms with Gasteiger partial charge in [-0.25, -0.2) is 9.59 Å². The molecule has 8 nitrogen and oxygen atoms in total. The first-order valence-electron chi connectivity index (χ1n) is 6.06. The molecule has 1 aliphatic heterocycles. The predicted octanol–water partition coefficient (Wildman–Crippen LogP) is 0.158. The van der Waals surface area contributed by atoms with Crippen molar-refractivity contribution >= 4 is 29.4 Å². The fourth-order valence-electron chi connectivity index (χ4n) is 1.98. The maximum atomic E-state index is 11.9. The predicted molar refractivity (Wildman–Crippen MR) is 70.1 cm³/mol. The summed E-state index contributed by atoms with van der Waals surface area (Å²) in [6.07, 6.45) is 0.0518. The minimum atomic E-state index is -1.30. The van der Waals surface area contributed by atoms with Crippen LogP contribution < -0.4 is 10.6 Å². The summed E-state index contributed by atoms with van der Waals surface area (Å²) in [5.74, 6) is -3.86. The summed E-state index contributed by atoms with van der Waals surface area (Å²) in [5, 5.41) is 22.8. The monoisotopic (exact) mass is 292 g/mol. The van der Waals surface area contributed by atoms with Gasteiger partial charge in [-0.05, 0) is 18.2 Å². The lowest BCUT2D eigenvalue weighted by molar-refractivity contribution is -0.123. The Bertz CT molecular complexity index is 607. The van der Waals surface area contributed by atoms with E-state index in [1.165, 1.54) is 0 Å². The van der Waals surface area contributed by atoms with Crippen molar-refractivity contribution in [2.45, 2.75) is 6.42 Å². The smallest absolute Gasteiger partial charge is 0.335 e. The quantitative estimate of drug-likeness (QED) is 0.624. The first kappa shape index (κ1) is 14.5. The average molecular weight is 292 g/mol. The summed E-state index contributed by atoms with van der Waals surface area (Å²) in [6, 6.07) is 3.33. The summed E-state index contributed by atoms with van der Waals surface area (Å²) < 4.78 is 0. The van der Waals surface area contributed by atoms with Crippen molar-refractivity contribution in [1.82, 2.24) is 5.32 Å². The number of carbonyl (C=O) groups excluding carboxylic acids is 2. The maximum absolute atomic E-state index is 11.9. The van der Waals surface area contributed by atoms with Crippen molar-refractivity contribution in [1.29, 1.82) is 0 Å². The highest BCUT2D eigenvalue weighted by Gasteiger charge is 2.28. The Hall–Kier alpha value is -2.90. The van der Waals surface area contributed by atoms with Gasteiger partial charge in [-0.15, -0.1) is 0 Å². The van der Waals surface area contributed by atoms with Crippen LogP contribution in [0, 0.1) is 5.92 Å². The number of carbonyl (C=O) groups is 4. The zero-order valence-corrected chi connectivity index (χ0v) is 10.8. The lowest BCUT2D eigenvalue weighted by atomic mass is 10.1. The zero-order valence-electron chi connectivity index (χ0n) is 10.8. The van der Waals surface area contributed by atoms with Crippen LogP contribution in [0.2, 0.25) is 0 Å². The normalized spacial score (nSPS) is 17.1. The Kier molecular flexibility index (Phi) is 3.88. The molecular formula is C13H12N2O6. The molecule has 0 spiro atoms. The second-order valence-corrected chi connectivity index (χ2v) is 4.60. The molecule has 0 radical (unpaired) electrons. The third-order valence-corrected chi connectivity index (χ3v) is 3.04. The van der Waals surface area contributed by atoms with Crippen molar-refractivity contribution in [3.63, 3.8) is 0 Å². The molecule has 8 heteroatoms. The molecule has 4 N–H and O–H groups in total. The molecule has 110 valence electrons. The molecule has 1 aromatic rings. The number of hydrogen-bond acceptors (Lipinski definition) is 4. The van der Waals surface area contributed by atoms with Crippen LogP contribution in [0.5, 0.6) is 0 Å². The molecule has 1 aliphatic rings. The van der Waals surface area contributed by atoms with E-state index in [2.05, 4.69) is 10.6 Å². The fourth-order valence-corrected chi connectivity index (χ4v) is 1.98. The molecule has 1 saturated heterocycles. The van der Waals surface area contributed by atoms with Crippen LogP contribution in [-0.2, 0) is 9.59 Å². The van der Waals surface area contributed by atoms with Crippen molar-refractivity contribution in [3.05, 3.63) is 29.3 Å². The molecule has 21 heavy (non-hydrogen) atoms. The van der Waals surface area contributed by atoms with Gasteiger partial charge in [-0.3, -0.25) is 9.59 Å². The van der Waals surface area contributed by atoms with Crippen molar-refractivity contribution in [3.8, 4) is 0 Å². The summed E-state index contributed by atoms with van der Waals surface area (Å²) in [5.41, 5.74) is -0.423. The van der Waals surface area contributed by atoms with E-state index >= 15 is 0 Å². The highest BCUT2D eigenvalue weighted by Crippen LogP contribution is 2.18. The first-order valence-corrected chi connectivity index (χ1v) is 6.06. The number of rotatable bonds is 4. The van der Waals surface area contributed by atoms with Crippen LogP contribution in [0.15, 0.2) is 18.2 Å². The molecule has 2 amide bonds. The largest absolute Gasteiger partial charge is 0.478 e. The van der Waals surface area contributed by atoms with E-state index in [0.717, 1.165) is 18.2 Å². The fraction of sp³-hybridized carbons (Fsp3) is 0.231. The summed E-state index contributed by atoms with van der Waals surface area (Å²) in [4.78, 5) is 44.9. The molecule has 0 saturated carbocycles. The van der Waals surface area contributed by atoms with E-state index in [9.17, 15) is 19.2 Å². The van der Waals surface area contributed by atoms with Crippen LogP contribution in [-0.4, -0.2) is 40.5 Å². The molecule has 1 heterocycles. The number of carboxylic acids is 2. The highest BCUT2D eigenvalue weighted by atomic mass is 16.4. The van der Waals surface area contributed by atoms with Crippen LogP contribution in [0.1, 0.15) is 27.1 Å². The van der Waals surface area contributed by atoms with E-state index in [1.54, 1.807) is 0 Å². The third-order valence-electron chi connectivity index (χ3n) is 3.04. The van der Waals surface area contributed by atoms with Gasteiger partial charge in [-0.2, -0.15) is 0 Å². The summed E-state index contributed by atoms with van der Waals surface area (Å²) in [6.45, 7) is 0.203. The second-order valence-electron chi connectivity index (χ2n) is 4.60. The summed E-state index contributed by atoms with van der Waals surface area (Å²) >= 11 is 0. The lowest BCUT2D eigenvalue weighted by Crippen LogP contribution is -2.25. The van der Waals surface area contributed by atoms with E-state index in [0.29, 0.717) is 0 Å². The second kappa shape index (κ2) is 5.61. The van der Waals surface area contributed by atoms with Crippen LogP contribution >= 0.6 is 0 Å². The van der Waals surface area contributed by atoms with E-state index < -0.39 is 23.8 Å². The molecular weight excluding hydrogens is 280 g/mol. The minimum absolute atomic E-state index is 0.0518. The maximum Gasteiger partial charge on any atom is 0.335 e. The SMILES string of the molecule is O=C1CC(C(=O)Nc2cc(C(=O)O)cc(C(=O)O)c2)CN1. The van der Waals surface area contributed by atoms with Gasteiger partial charge in [0.1, 0.15) is 0 Å². The zero-order chi connectivity index (χ0) is 15.6. The number of nitrogens with one attached hydrogen (secondary N) is 2. The minimum Gasteiger partial charge on any atom is -0.478 e. The van der Waals surface area contributed by atoms with Crippen molar-refractivity contribution in [2.75, 3.05) is 11.9 Å². The average Bonchev–Trinajstić information content (AvgIpc) is 2.85. The summed E-state index contributed by atoms with van der Waals surface area (Å²) in [7, 11) is 0. The first-order chi connectivity index (χ1) is 9.86. The van der Waals surface area contributed by atoms with Gasteiger partial charge in [0.25, 0.3) is 0 Å². The molecule has 0 bridgehead atoms. The van der Waals surface area contributed by atoms with Gasteiger partial charge in [0.2, 0.25) is 11.8 Å². The Morgan fingerprint density at radius 2 is 1.67 bits per heavy atom. The van der Waals surface area contributed by atoms with E-state index in [-0.39, 0.29) is 35.7 Å². The Labute approximate surface area is 118 Å². The van der Waals surface area contributed by atoms with Gasteiger partial charge in [0.05, 0.1) is 17.0 Å². The van der Waals surface area contributed by atoms with E-state index in [4.69, 9.17) is 10.2 Å².